The van der Waals surface area contributed by atoms with Crippen LogP contribution >= 0.6 is 0 Å². The number of hydrogen-bond acceptors (Lipinski definition) is 4. The Bertz CT molecular complexity index is 718. The normalized spacial score (nSPS) is 14.9. The van der Waals surface area contributed by atoms with E-state index in [2.05, 4.69) is 29.1 Å². The van der Waals surface area contributed by atoms with Gasteiger partial charge in [0, 0.05) is 10.8 Å². The van der Waals surface area contributed by atoms with Gasteiger partial charge in [0.1, 0.15) is 0 Å². The molecule has 0 fully saturated rings. The summed E-state index contributed by atoms with van der Waals surface area (Å²) in [5.74, 6) is 1.08. The molecule has 19 heavy (non-hydrogen) atoms. The van der Waals surface area contributed by atoms with E-state index in [9.17, 15) is 0 Å². The van der Waals surface area contributed by atoms with Gasteiger partial charge in [0.25, 0.3) is 0 Å². The Labute approximate surface area is 111 Å². The topological polar surface area (TPSA) is 69.1 Å². The van der Waals surface area contributed by atoms with Crippen molar-refractivity contribution in [1.29, 1.82) is 0 Å². The van der Waals surface area contributed by atoms with Crippen molar-refractivity contribution in [1.82, 2.24) is 19.8 Å². The minimum absolute atomic E-state index is 0.145. The smallest absolute Gasteiger partial charge is 0.185 e. The Morgan fingerprint density at radius 2 is 2.05 bits per heavy atom. The zero-order valence-corrected chi connectivity index (χ0v) is 11.1. The third kappa shape index (κ3) is 1.86. The Morgan fingerprint density at radius 1 is 1.26 bits per heavy atom. The summed E-state index contributed by atoms with van der Waals surface area (Å²) in [5, 5.41) is 15.0. The van der Waals surface area contributed by atoms with Gasteiger partial charge in [0.2, 0.25) is 0 Å². The van der Waals surface area contributed by atoms with Crippen LogP contribution in [0, 0.1) is 5.92 Å². The summed E-state index contributed by atoms with van der Waals surface area (Å²) in [6, 6.07) is 7.88. The highest BCUT2D eigenvalue weighted by molar-refractivity contribution is 5.92. The van der Waals surface area contributed by atoms with Crippen molar-refractivity contribution in [2.75, 3.05) is 0 Å². The molecule has 3 aromatic rings. The monoisotopic (exact) mass is 255 g/mol. The van der Waals surface area contributed by atoms with Crippen molar-refractivity contribution in [3.05, 3.63) is 36.3 Å². The van der Waals surface area contributed by atoms with Gasteiger partial charge in [0.05, 0.1) is 12.2 Å². The van der Waals surface area contributed by atoms with Crippen LogP contribution in [-0.2, 0) is 0 Å². The summed E-state index contributed by atoms with van der Waals surface area (Å²) in [6.07, 6.45) is 2.84. The number of nitrogens with two attached hydrogens (primary N) is 1. The molecule has 0 aliphatic heterocycles. The molecule has 2 N–H and O–H groups in total. The van der Waals surface area contributed by atoms with E-state index in [1.807, 2.05) is 30.5 Å². The van der Waals surface area contributed by atoms with Gasteiger partial charge in [-0.2, -0.15) is 9.61 Å². The van der Waals surface area contributed by atoms with Gasteiger partial charge in [-0.25, -0.2) is 0 Å². The van der Waals surface area contributed by atoms with Crippen molar-refractivity contribution in [2.45, 2.75) is 26.3 Å². The van der Waals surface area contributed by atoms with Gasteiger partial charge in [0.15, 0.2) is 11.5 Å². The molecule has 0 saturated carbocycles. The molecule has 0 saturated heterocycles. The fourth-order valence-corrected chi connectivity index (χ4v) is 2.22. The zero-order chi connectivity index (χ0) is 13.4. The Hall–Kier alpha value is -2.01. The molecule has 98 valence electrons. The minimum atomic E-state index is -0.145. The first-order valence-corrected chi connectivity index (χ1v) is 6.57. The average Bonchev–Trinajstić information content (AvgIpc) is 2.89. The number of nitrogens with zero attached hydrogens (tertiary/aromatic N) is 4. The highest BCUT2D eigenvalue weighted by Gasteiger charge is 2.20. The van der Waals surface area contributed by atoms with E-state index in [4.69, 9.17) is 5.73 Å². The molecule has 0 aliphatic rings. The van der Waals surface area contributed by atoms with Crippen LogP contribution in [0.3, 0.4) is 0 Å². The molecule has 0 radical (unpaired) electrons. The highest BCUT2D eigenvalue weighted by atomic mass is 15.4. The van der Waals surface area contributed by atoms with Crippen LogP contribution in [-0.4, -0.2) is 19.8 Å². The van der Waals surface area contributed by atoms with Crippen LogP contribution in [0.25, 0.3) is 16.4 Å². The lowest BCUT2D eigenvalue weighted by atomic mass is 10.00. The van der Waals surface area contributed by atoms with Crippen molar-refractivity contribution in [3.8, 4) is 0 Å². The fourth-order valence-electron chi connectivity index (χ4n) is 2.22. The van der Waals surface area contributed by atoms with E-state index in [-0.39, 0.29) is 6.04 Å². The summed E-state index contributed by atoms with van der Waals surface area (Å²) in [6.45, 7) is 4.24. The van der Waals surface area contributed by atoms with E-state index < -0.39 is 0 Å². The molecule has 0 unspecified atom stereocenters. The van der Waals surface area contributed by atoms with E-state index in [1.54, 1.807) is 4.52 Å². The molecule has 5 heteroatoms. The SMILES string of the molecule is CC[C@H](C)[C@H](N)c1nnc2c3ccccc3cnn12. The van der Waals surface area contributed by atoms with E-state index in [0.29, 0.717) is 5.92 Å². The summed E-state index contributed by atoms with van der Waals surface area (Å²) in [4.78, 5) is 0. The van der Waals surface area contributed by atoms with E-state index >= 15 is 0 Å². The van der Waals surface area contributed by atoms with Gasteiger partial charge >= 0.3 is 0 Å². The van der Waals surface area contributed by atoms with Gasteiger partial charge in [-0.1, -0.05) is 44.5 Å². The number of fused-ring (bicyclic) bond motifs is 3. The summed E-state index contributed by atoms with van der Waals surface area (Å²) in [5.41, 5.74) is 7.01. The van der Waals surface area contributed by atoms with E-state index in [0.717, 1.165) is 28.7 Å². The van der Waals surface area contributed by atoms with Gasteiger partial charge in [-0.15, -0.1) is 10.2 Å². The van der Waals surface area contributed by atoms with Crippen LogP contribution in [0.5, 0.6) is 0 Å². The first-order chi connectivity index (χ1) is 9.22. The standard InChI is InChI=1S/C14H17N5/c1-3-9(2)12(15)14-18-17-13-11-7-5-4-6-10(11)8-16-19(13)14/h4-9,12H,3,15H2,1-2H3/t9-,12-/m0/s1. The van der Waals surface area contributed by atoms with Crippen LogP contribution in [0.1, 0.15) is 32.1 Å². The predicted octanol–water partition coefficient (Wildman–Crippen LogP) is 2.32. The molecule has 3 rings (SSSR count). The number of aromatic nitrogens is 4. The first-order valence-electron chi connectivity index (χ1n) is 6.57. The van der Waals surface area contributed by atoms with Crippen molar-refractivity contribution < 1.29 is 0 Å². The Morgan fingerprint density at radius 3 is 2.84 bits per heavy atom. The molecule has 2 aromatic heterocycles. The average molecular weight is 255 g/mol. The molecule has 0 amide bonds. The quantitative estimate of drug-likeness (QED) is 0.779. The zero-order valence-electron chi connectivity index (χ0n) is 11.1. The lowest BCUT2D eigenvalue weighted by molar-refractivity contribution is 0.432. The maximum absolute atomic E-state index is 6.24. The fraction of sp³-hybridized carbons (Fsp3) is 0.357. The molecule has 5 nitrogen and oxygen atoms in total. The Balaban J connectivity index is 2.21. The maximum Gasteiger partial charge on any atom is 0.185 e. The molecule has 0 spiro atoms. The summed E-state index contributed by atoms with van der Waals surface area (Å²) < 4.78 is 1.76. The second-order valence-corrected chi connectivity index (χ2v) is 4.94. The molecular formula is C14H17N5. The summed E-state index contributed by atoms with van der Waals surface area (Å²) >= 11 is 0. The van der Waals surface area contributed by atoms with Gasteiger partial charge in [-0.05, 0) is 5.92 Å². The summed E-state index contributed by atoms with van der Waals surface area (Å²) in [7, 11) is 0. The second kappa shape index (κ2) is 4.59. The number of hydrogen-bond donors (Lipinski definition) is 1. The van der Waals surface area contributed by atoms with Crippen LogP contribution in [0.4, 0.5) is 0 Å². The van der Waals surface area contributed by atoms with Crippen LogP contribution in [0.2, 0.25) is 0 Å². The second-order valence-electron chi connectivity index (χ2n) is 4.94. The van der Waals surface area contributed by atoms with Crippen LogP contribution in [0.15, 0.2) is 30.5 Å². The molecule has 0 aliphatic carbocycles. The lowest BCUT2D eigenvalue weighted by Crippen LogP contribution is -2.21. The highest BCUT2D eigenvalue weighted by Crippen LogP contribution is 2.23. The van der Waals surface area contributed by atoms with Crippen molar-refractivity contribution in [2.24, 2.45) is 11.7 Å². The molecular weight excluding hydrogens is 238 g/mol. The van der Waals surface area contributed by atoms with Crippen molar-refractivity contribution >= 4 is 16.4 Å². The van der Waals surface area contributed by atoms with E-state index in [1.165, 1.54) is 0 Å². The van der Waals surface area contributed by atoms with Crippen molar-refractivity contribution in [3.63, 3.8) is 0 Å². The Kier molecular flexibility index (Phi) is 2.91. The van der Waals surface area contributed by atoms with Crippen LogP contribution < -0.4 is 5.73 Å². The first kappa shape index (κ1) is 12.0. The lowest BCUT2D eigenvalue weighted by Gasteiger charge is -2.15. The largest absolute Gasteiger partial charge is 0.321 e. The number of benzene rings is 1. The minimum Gasteiger partial charge on any atom is -0.321 e. The third-order valence-corrected chi connectivity index (χ3v) is 3.73. The third-order valence-electron chi connectivity index (χ3n) is 3.73. The number of rotatable bonds is 3. The molecule has 1 aromatic carbocycles. The molecule has 2 heterocycles. The maximum atomic E-state index is 6.24. The predicted molar refractivity (Wildman–Crippen MR) is 74.7 cm³/mol. The molecule has 2 atom stereocenters. The van der Waals surface area contributed by atoms with Gasteiger partial charge in [-0.3, -0.25) is 0 Å². The molecule has 0 bridgehead atoms. The van der Waals surface area contributed by atoms with Gasteiger partial charge < -0.3 is 5.73 Å².